The fourth-order valence-corrected chi connectivity index (χ4v) is 5.09. The van der Waals surface area contributed by atoms with E-state index in [2.05, 4.69) is 50.7 Å². The first-order chi connectivity index (χ1) is 12.3. The van der Waals surface area contributed by atoms with Crippen LogP contribution in [0.4, 0.5) is 10.1 Å². The third kappa shape index (κ3) is 5.14. The van der Waals surface area contributed by atoms with Gasteiger partial charge in [-0.2, -0.15) is 0 Å². The Morgan fingerprint density at radius 1 is 0.889 bits per heavy atom. The van der Waals surface area contributed by atoms with E-state index >= 15 is 0 Å². The Kier molecular flexibility index (Phi) is 5.77. The number of aromatic carboxylic acids is 1. The molecule has 2 N–H and O–H groups in total. The first-order valence-corrected chi connectivity index (χ1v) is 15.8. The van der Waals surface area contributed by atoms with Crippen molar-refractivity contribution in [2.24, 2.45) is 0 Å². The van der Waals surface area contributed by atoms with Gasteiger partial charge in [-0.05, 0) is 18.2 Å². The number of hydrogen-bond acceptors (Lipinski definition) is 2. The van der Waals surface area contributed by atoms with E-state index in [1.165, 1.54) is 16.4 Å². The maximum Gasteiger partial charge on any atom is 0.338 e. The monoisotopic (exact) mass is 403 g/mol. The van der Waals surface area contributed by atoms with E-state index in [-0.39, 0.29) is 11.6 Å². The fraction of sp³-hybridized carbons (Fsp3) is 0.300. The van der Waals surface area contributed by atoms with Crippen LogP contribution < -0.4 is 15.7 Å². The van der Waals surface area contributed by atoms with Crippen molar-refractivity contribution in [3.63, 3.8) is 0 Å². The number of carbonyl (C=O) groups is 2. The predicted octanol–water partition coefficient (Wildman–Crippen LogP) is 3.87. The number of carboxylic acids is 1. The summed E-state index contributed by atoms with van der Waals surface area (Å²) in [4.78, 5) is 23.7. The van der Waals surface area contributed by atoms with Gasteiger partial charge in [0.1, 0.15) is 5.82 Å². The summed E-state index contributed by atoms with van der Waals surface area (Å²) in [6.07, 6.45) is 0. The van der Waals surface area contributed by atoms with Crippen LogP contribution >= 0.6 is 0 Å². The molecule has 0 saturated carbocycles. The number of carbonyl (C=O) groups excluding carboxylic acids is 1. The largest absolute Gasteiger partial charge is 0.478 e. The van der Waals surface area contributed by atoms with Crippen molar-refractivity contribution < 1.29 is 19.1 Å². The summed E-state index contributed by atoms with van der Waals surface area (Å²) in [7, 11) is -3.25. The molecule has 1 amide bonds. The lowest BCUT2D eigenvalue weighted by molar-refractivity contribution is 0.0691. The molecule has 0 heterocycles. The highest BCUT2D eigenvalue weighted by Gasteiger charge is 2.24. The topological polar surface area (TPSA) is 66.4 Å². The molecule has 2 aromatic rings. The van der Waals surface area contributed by atoms with Crippen LogP contribution in [-0.2, 0) is 0 Å². The molecule has 144 valence electrons. The molecule has 0 atom stereocenters. The lowest BCUT2D eigenvalue weighted by Gasteiger charge is -2.24. The maximum atomic E-state index is 13.9. The van der Waals surface area contributed by atoms with Crippen molar-refractivity contribution in [1.29, 1.82) is 0 Å². The minimum absolute atomic E-state index is 0.232. The quantitative estimate of drug-likeness (QED) is 0.745. The summed E-state index contributed by atoms with van der Waals surface area (Å²) < 4.78 is 13.9. The summed E-state index contributed by atoms with van der Waals surface area (Å²) >= 11 is 0. The van der Waals surface area contributed by atoms with Crippen molar-refractivity contribution >= 4 is 44.1 Å². The lowest BCUT2D eigenvalue weighted by atomic mass is 10.1. The molecule has 7 heteroatoms. The molecule has 0 radical (unpaired) electrons. The second kappa shape index (κ2) is 7.40. The first kappa shape index (κ1) is 21.0. The first-order valence-electron chi connectivity index (χ1n) is 8.79. The minimum Gasteiger partial charge on any atom is -0.478 e. The van der Waals surface area contributed by atoms with Gasteiger partial charge in [0, 0.05) is 11.3 Å². The Labute approximate surface area is 161 Å². The third-order valence-corrected chi connectivity index (χ3v) is 8.43. The van der Waals surface area contributed by atoms with E-state index in [1.54, 1.807) is 0 Å². The van der Waals surface area contributed by atoms with Crippen LogP contribution in [0.3, 0.4) is 0 Å². The zero-order valence-corrected chi connectivity index (χ0v) is 18.6. The van der Waals surface area contributed by atoms with E-state index in [4.69, 9.17) is 5.11 Å². The Balaban J connectivity index is 2.41. The van der Waals surface area contributed by atoms with Gasteiger partial charge in [0.15, 0.2) is 0 Å². The summed E-state index contributed by atoms with van der Waals surface area (Å²) in [6.45, 7) is 13.4. The predicted molar refractivity (Wildman–Crippen MR) is 114 cm³/mol. The van der Waals surface area contributed by atoms with E-state index in [0.717, 1.165) is 12.1 Å². The molecule has 0 bridgehead atoms. The van der Waals surface area contributed by atoms with Gasteiger partial charge in [0.05, 0.1) is 21.7 Å². The summed E-state index contributed by atoms with van der Waals surface area (Å²) in [5.41, 5.74) is 0.361. The molecule has 2 aromatic carbocycles. The molecule has 4 nitrogen and oxygen atoms in total. The molecule has 0 aliphatic carbocycles. The van der Waals surface area contributed by atoms with Crippen molar-refractivity contribution in [3.05, 3.63) is 53.3 Å². The fourth-order valence-electron chi connectivity index (χ4n) is 2.59. The molecular formula is C20H26FNO3Si2. The van der Waals surface area contributed by atoms with E-state index in [9.17, 15) is 14.0 Å². The number of benzene rings is 2. The van der Waals surface area contributed by atoms with Crippen molar-refractivity contribution in [2.75, 3.05) is 5.32 Å². The molecule has 0 fully saturated rings. The van der Waals surface area contributed by atoms with Crippen LogP contribution in [0.2, 0.25) is 39.3 Å². The average molecular weight is 404 g/mol. The zero-order valence-electron chi connectivity index (χ0n) is 16.6. The second-order valence-corrected chi connectivity index (χ2v) is 18.9. The van der Waals surface area contributed by atoms with Gasteiger partial charge in [0.2, 0.25) is 0 Å². The van der Waals surface area contributed by atoms with Gasteiger partial charge in [-0.3, -0.25) is 4.79 Å². The van der Waals surface area contributed by atoms with Crippen molar-refractivity contribution in [2.45, 2.75) is 39.3 Å². The molecule has 2 rings (SSSR count). The van der Waals surface area contributed by atoms with Gasteiger partial charge in [-0.1, -0.05) is 67.9 Å². The molecular weight excluding hydrogens is 377 g/mol. The number of halogens is 1. The number of rotatable bonds is 5. The molecule has 0 aromatic heterocycles. The van der Waals surface area contributed by atoms with Crippen LogP contribution in [0, 0.1) is 5.82 Å². The summed E-state index contributed by atoms with van der Waals surface area (Å²) in [5.74, 6) is -2.54. The molecule has 0 unspecified atom stereocenters. The number of carboxylic acid groups (broad SMARTS) is 1. The van der Waals surface area contributed by atoms with Crippen LogP contribution in [0.5, 0.6) is 0 Å². The van der Waals surface area contributed by atoms with Gasteiger partial charge < -0.3 is 10.4 Å². The van der Waals surface area contributed by atoms with E-state index < -0.39 is 33.5 Å². The standard InChI is InChI=1S/C20H26FNO3Si2/c1-26(2,3)15-9-13(10-16(12-15)27(4,5)6)19(23)22-14-7-8-17(20(24)25)18(21)11-14/h7-12H,1-6H3,(H,22,23)(H,24,25). The molecule has 0 aliphatic heterocycles. The third-order valence-electron chi connectivity index (χ3n) is 4.38. The van der Waals surface area contributed by atoms with Crippen LogP contribution in [0.1, 0.15) is 20.7 Å². The number of hydrogen-bond donors (Lipinski definition) is 2. The number of amides is 1. The highest BCUT2D eigenvalue weighted by atomic mass is 28.3. The Morgan fingerprint density at radius 3 is 1.81 bits per heavy atom. The van der Waals surface area contributed by atoms with E-state index in [0.29, 0.717) is 5.56 Å². The van der Waals surface area contributed by atoms with Crippen LogP contribution in [0.15, 0.2) is 36.4 Å². The SMILES string of the molecule is C[Si](C)(C)c1cc(C(=O)Nc2ccc(C(=O)O)c(F)c2)cc([Si](C)(C)C)c1. The zero-order chi connectivity index (χ0) is 20.6. The lowest BCUT2D eigenvalue weighted by Crippen LogP contribution is -2.46. The van der Waals surface area contributed by atoms with Crippen molar-refractivity contribution in [1.82, 2.24) is 0 Å². The van der Waals surface area contributed by atoms with E-state index in [1.807, 2.05) is 12.1 Å². The minimum atomic E-state index is -1.62. The second-order valence-electron chi connectivity index (χ2n) is 8.75. The van der Waals surface area contributed by atoms with Gasteiger partial charge >= 0.3 is 5.97 Å². The van der Waals surface area contributed by atoms with Crippen molar-refractivity contribution in [3.8, 4) is 0 Å². The maximum absolute atomic E-state index is 13.9. The van der Waals surface area contributed by atoms with Crippen LogP contribution in [0.25, 0.3) is 0 Å². The average Bonchev–Trinajstić information content (AvgIpc) is 2.52. The van der Waals surface area contributed by atoms with Gasteiger partial charge in [-0.15, -0.1) is 0 Å². The van der Waals surface area contributed by atoms with Gasteiger partial charge in [0.25, 0.3) is 5.91 Å². The van der Waals surface area contributed by atoms with Gasteiger partial charge in [-0.25, -0.2) is 9.18 Å². The number of anilines is 1. The highest BCUT2D eigenvalue weighted by Crippen LogP contribution is 2.16. The molecule has 0 aliphatic rings. The Bertz CT molecular complexity index is 867. The Hall–Kier alpha value is -2.26. The smallest absolute Gasteiger partial charge is 0.338 e. The summed E-state index contributed by atoms with van der Waals surface area (Å²) in [6, 6.07) is 9.66. The molecule has 27 heavy (non-hydrogen) atoms. The van der Waals surface area contributed by atoms with Crippen LogP contribution in [-0.4, -0.2) is 33.1 Å². The molecule has 0 saturated heterocycles. The highest BCUT2D eigenvalue weighted by molar-refractivity contribution is 6.91. The normalized spacial score (nSPS) is 12.0. The summed E-state index contributed by atoms with van der Waals surface area (Å²) in [5, 5.41) is 14.0. The Morgan fingerprint density at radius 2 is 1.41 bits per heavy atom. The number of nitrogens with one attached hydrogen (secondary N) is 1. The molecule has 0 spiro atoms.